The fraction of sp³-hybridized carbons (Fsp3) is 0.200. The molecule has 1 aromatic carbocycles. The molecule has 2 rings (SSSR count). The summed E-state index contributed by atoms with van der Waals surface area (Å²) in [7, 11) is -3.63. The predicted molar refractivity (Wildman–Crippen MR) is 96.3 cm³/mol. The summed E-state index contributed by atoms with van der Waals surface area (Å²) in [6.07, 6.45) is 1.02. The molecule has 0 bridgehead atoms. The molecule has 1 heterocycles. The summed E-state index contributed by atoms with van der Waals surface area (Å²) in [5, 5.41) is 9.44. The second-order valence-electron chi connectivity index (χ2n) is 4.58. The van der Waals surface area contributed by atoms with E-state index in [2.05, 4.69) is 22.6 Å². The van der Waals surface area contributed by atoms with Gasteiger partial charge in [0.1, 0.15) is 15.2 Å². The Hall–Kier alpha value is -1.44. The Morgan fingerprint density at radius 1 is 1.35 bits per heavy atom. The number of ether oxygens (including phenoxy) is 1. The minimum Gasteiger partial charge on any atom is -0.462 e. The van der Waals surface area contributed by atoms with E-state index >= 15 is 0 Å². The largest absolute Gasteiger partial charge is 0.462 e. The Labute approximate surface area is 152 Å². The van der Waals surface area contributed by atoms with Gasteiger partial charge in [-0.3, -0.25) is 0 Å². The Bertz CT molecular complexity index is 893. The normalized spacial score (nSPS) is 11.0. The molecule has 0 atom stereocenters. The molecule has 0 radical (unpaired) electrons. The number of hydrogen-bond donors (Lipinski definition) is 0. The van der Waals surface area contributed by atoms with Crippen molar-refractivity contribution < 1.29 is 17.9 Å². The average molecular weight is 461 g/mol. The van der Waals surface area contributed by atoms with Crippen LogP contribution in [0.15, 0.2) is 28.5 Å². The van der Waals surface area contributed by atoms with Crippen LogP contribution in [0.1, 0.15) is 22.2 Å². The highest BCUT2D eigenvalue weighted by Crippen LogP contribution is 2.39. The van der Waals surface area contributed by atoms with Crippen LogP contribution in [0.25, 0.3) is 11.1 Å². The molecule has 0 unspecified atom stereocenters. The van der Waals surface area contributed by atoms with Gasteiger partial charge < -0.3 is 4.74 Å². The number of rotatable bonds is 4. The highest BCUT2D eigenvalue weighted by molar-refractivity contribution is 14.1. The van der Waals surface area contributed by atoms with Gasteiger partial charge in [0.05, 0.1) is 12.2 Å². The molecule has 0 saturated heterocycles. The zero-order valence-electron chi connectivity index (χ0n) is 12.3. The molecule has 0 aliphatic carbocycles. The number of nitriles is 1. The van der Waals surface area contributed by atoms with Crippen molar-refractivity contribution in [3.05, 3.63) is 38.3 Å². The number of esters is 1. The first-order valence-corrected chi connectivity index (χ1v) is 10.3. The number of halogens is 1. The first kappa shape index (κ1) is 17.9. The third-order valence-electron chi connectivity index (χ3n) is 2.92. The minimum atomic E-state index is -3.63. The summed E-state index contributed by atoms with van der Waals surface area (Å²) in [4.78, 5) is 12.3. The second-order valence-corrected chi connectivity index (χ2v) is 9.06. The summed E-state index contributed by atoms with van der Waals surface area (Å²) >= 11 is 2.92. The topological polar surface area (TPSA) is 84.2 Å². The SMILES string of the molecule is CCOC(=O)c1sc(S(C)(=O)=O)c(C#N)c1-c1ccc(I)cc1. The molecule has 0 aliphatic heterocycles. The number of benzene rings is 1. The van der Waals surface area contributed by atoms with E-state index in [1.807, 2.05) is 18.2 Å². The molecule has 0 N–H and O–H groups in total. The molecular formula is C15H12INO4S2. The highest BCUT2D eigenvalue weighted by Gasteiger charge is 2.29. The maximum Gasteiger partial charge on any atom is 0.349 e. The third-order valence-corrected chi connectivity index (χ3v) is 6.64. The van der Waals surface area contributed by atoms with Gasteiger partial charge in [-0.2, -0.15) is 5.26 Å². The number of nitrogens with zero attached hydrogens (tertiary/aromatic N) is 1. The van der Waals surface area contributed by atoms with Crippen molar-refractivity contribution in [1.29, 1.82) is 5.26 Å². The molecule has 0 spiro atoms. The number of carbonyl (C=O) groups excluding carboxylic acids is 1. The van der Waals surface area contributed by atoms with Gasteiger partial charge in [0, 0.05) is 15.4 Å². The zero-order chi connectivity index (χ0) is 17.2. The summed E-state index contributed by atoms with van der Waals surface area (Å²) in [5.74, 6) is -0.627. The molecule has 1 aromatic heterocycles. The van der Waals surface area contributed by atoms with Gasteiger partial charge >= 0.3 is 5.97 Å². The van der Waals surface area contributed by atoms with Crippen molar-refractivity contribution in [3.8, 4) is 17.2 Å². The van der Waals surface area contributed by atoms with Crippen molar-refractivity contribution in [2.45, 2.75) is 11.1 Å². The lowest BCUT2D eigenvalue weighted by atomic mass is 10.0. The molecule has 23 heavy (non-hydrogen) atoms. The van der Waals surface area contributed by atoms with Crippen molar-refractivity contribution >= 4 is 49.7 Å². The van der Waals surface area contributed by atoms with E-state index in [1.54, 1.807) is 19.1 Å². The molecule has 120 valence electrons. The lowest BCUT2D eigenvalue weighted by Gasteiger charge is -2.05. The van der Waals surface area contributed by atoms with Gasteiger partial charge in [0.15, 0.2) is 9.84 Å². The molecule has 0 saturated carbocycles. The Kier molecular flexibility index (Phi) is 5.44. The maximum absolute atomic E-state index is 12.2. The Balaban J connectivity index is 2.81. The Morgan fingerprint density at radius 2 is 1.96 bits per heavy atom. The van der Waals surface area contributed by atoms with Gasteiger partial charge in [-0.1, -0.05) is 12.1 Å². The summed E-state index contributed by atoms with van der Waals surface area (Å²) in [6, 6.07) is 9.07. The van der Waals surface area contributed by atoms with Gasteiger partial charge in [-0.05, 0) is 47.2 Å². The van der Waals surface area contributed by atoms with Crippen LogP contribution in [0.3, 0.4) is 0 Å². The van der Waals surface area contributed by atoms with Gasteiger partial charge in [0.25, 0.3) is 0 Å². The molecular weight excluding hydrogens is 449 g/mol. The van der Waals surface area contributed by atoms with Crippen molar-refractivity contribution in [1.82, 2.24) is 0 Å². The standard InChI is InChI=1S/C15H12INO4S2/c1-3-21-14(18)13-12(9-4-6-10(16)7-5-9)11(8-17)15(22-13)23(2,19)20/h4-7H,3H2,1-2H3. The van der Waals surface area contributed by atoms with Crippen LogP contribution >= 0.6 is 33.9 Å². The van der Waals surface area contributed by atoms with Gasteiger partial charge in [-0.15, -0.1) is 11.3 Å². The Morgan fingerprint density at radius 3 is 2.43 bits per heavy atom. The second kappa shape index (κ2) is 6.98. The van der Waals surface area contributed by atoms with Crippen LogP contribution in [0, 0.1) is 14.9 Å². The number of sulfone groups is 1. The average Bonchev–Trinajstić information content (AvgIpc) is 2.88. The number of carbonyl (C=O) groups is 1. The van der Waals surface area contributed by atoms with E-state index in [0.29, 0.717) is 11.1 Å². The quantitative estimate of drug-likeness (QED) is 0.515. The molecule has 8 heteroatoms. The number of thiophene rings is 1. The first-order chi connectivity index (χ1) is 10.8. The van der Waals surface area contributed by atoms with E-state index in [1.165, 1.54) is 0 Å². The smallest absolute Gasteiger partial charge is 0.349 e. The van der Waals surface area contributed by atoms with Crippen LogP contribution in [-0.4, -0.2) is 27.2 Å². The van der Waals surface area contributed by atoms with Crippen molar-refractivity contribution in [2.24, 2.45) is 0 Å². The molecule has 0 amide bonds. The maximum atomic E-state index is 12.2. The lowest BCUT2D eigenvalue weighted by Crippen LogP contribution is -2.04. The molecule has 2 aromatic rings. The summed E-state index contributed by atoms with van der Waals surface area (Å²) in [5.41, 5.74) is 0.908. The van der Waals surface area contributed by atoms with Gasteiger partial charge in [-0.25, -0.2) is 13.2 Å². The molecule has 5 nitrogen and oxygen atoms in total. The molecule has 0 aliphatic rings. The highest BCUT2D eigenvalue weighted by atomic mass is 127. The van der Waals surface area contributed by atoms with Crippen LogP contribution in [0.5, 0.6) is 0 Å². The van der Waals surface area contributed by atoms with E-state index < -0.39 is 15.8 Å². The van der Waals surface area contributed by atoms with Crippen LogP contribution in [0.4, 0.5) is 0 Å². The fourth-order valence-electron chi connectivity index (χ4n) is 2.01. The van der Waals surface area contributed by atoms with Crippen LogP contribution in [0.2, 0.25) is 0 Å². The van der Waals surface area contributed by atoms with E-state index in [4.69, 9.17) is 4.74 Å². The number of hydrogen-bond acceptors (Lipinski definition) is 6. The minimum absolute atomic E-state index is 0.0123. The monoisotopic (exact) mass is 461 g/mol. The van der Waals surface area contributed by atoms with E-state index in [-0.39, 0.29) is 21.3 Å². The lowest BCUT2D eigenvalue weighted by molar-refractivity contribution is 0.0533. The van der Waals surface area contributed by atoms with E-state index in [0.717, 1.165) is 21.2 Å². The fourth-order valence-corrected chi connectivity index (χ4v) is 4.64. The predicted octanol–water partition coefficient (Wildman–Crippen LogP) is 3.47. The molecule has 0 fully saturated rings. The van der Waals surface area contributed by atoms with Crippen molar-refractivity contribution in [2.75, 3.05) is 12.9 Å². The summed E-state index contributed by atoms with van der Waals surface area (Å²) in [6.45, 7) is 1.83. The first-order valence-electron chi connectivity index (χ1n) is 6.49. The van der Waals surface area contributed by atoms with Gasteiger partial charge in [0.2, 0.25) is 0 Å². The van der Waals surface area contributed by atoms with Crippen molar-refractivity contribution in [3.63, 3.8) is 0 Å². The summed E-state index contributed by atoms with van der Waals surface area (Å²) < 4.78 is 29.8. The zero-order valence-corrected chi connectivity index (χ0v) is 16.1. The van der Waals surface area contributed by atoms with Crippen LogP contribution < -0.4 is 0 Å². The van der Waals surface area contributed by atoms with E-state index in [9.17, 15) is 18.5 Å². The van der Waals surface area contributed by atoms with Crippen LogP contribution in [-0.2, 0) is 14.6 Å². The third kappa shape index (κ3) is 3.73.